The predicted molar refractivity (Wildman–Crippen MR) is 34.1 cm³/mol. The van der Waals surface area contributed by atoms with Gasteiger partial charge >= 0.3 is 0 Å². The summed E-state index contributed by atoms with van der Waals surface area (Å²) in [6, 6.07) is 0. The molecule has 0 aliphatic carbocycles. The topological polar surface area (TPSA) is 52.5 Å². The van der Waals surface area contributed by atoms with Crippen molar-refractivity contribution in [1.29, 1.82) is 0 Å². The standard InChI is InChI=1S/C6H13NO2/c1-6(9)4-7-3-2-5(6)8/h5,7-9H,2-4H2,1H3/t5-,6-/m0/s1. The first-order valence-electron chi connectivity index (χ1n) is 3.24. The minimum Gasteiger partial charge on any atom is -0.390 e. The zero-order valence-corrected chi connectivity index (χ0v) is 5.59. The Bertz CT molecular complexity index is 103. The van der Waals surface area contributed by atoms with Gasteiger partial charge in [-0.05, 0) is 19.9 Å². The number of hydrogen-bond donors (Lipinski definition) is 3. The zero-order chi connectivity index (χ0) is 6.91. The van der Waals surface area contributed by atoms with E-state index in [1.165, 1.54) is 0 Å². The van der Waals surface area contributed by atoms with E-state index in [4.69, 9.17) is 5.11 Å². The number of nitrogens with one attached hydrogen (secondary N) is 1. The molecule has 2 atom stereocenters. The molecule has 3 heteroatoms. The Balaban J connectivity index is 2.49. The number of piperidine rings is 1. The van der Waals surface area contributed by atoms with E-state index in [0.29, 0.717) is 13.0 Å². The Morgan fingerprint density at radius 1 is 1.67 bits per heavy atom. The van der Waals surface area contributed by atoms with Crippen molar-refractivity contribution in [3.63, 3.8) is 0 Å². The zero-order valence-electron chi connectivity index (χ0n) is 5.59. The molecule has 9 heavy (non-hydrogen) atoms. The average molecular weight is 131 g/mol. The second kappa shape index (κ2) is 2.25. The summed E-state index contributed by atoms with van der Waals surface area (Å²) >= 11 is 0. The Kier molecular flexibility index (Phi) is 1.75. The molecule has 0 aromatic heterocycles. The summed E-state index contributed by atoms with van der Waals surface area (Å²) in [5.41, 5.74) is -0.918. The molecule has 0 aromatic rings. The lowest BCUT2D eigenvalue weighted by molar-refractivity contribution is -0.0763. The van der Waals surface area contributed by atoms with Crippen LogP contribution in [0.1, 0.15) is 13.3 Å². The van der Waals surface area contributed by atoms with E-state index in [1.807, 2.05) is 0 Å². The van der Waals surface area contributed by atoms with Crippen LogP contribution in [0.4, 0.5) is 0 Å². The minimum absolute atomic E-state index is 0.494. The summed E-state index contributed by atoms with van der Waals surface area (Å²) in [6.07, 6.45) is 0.0891. The van der Waals surface area contributed by atoms with E-state index >= 15 is 0 Å². The number of hydrogen-bond acceptors (Lipinski definition) is 3. The highest BCUT2D eigenvalue weighted by Crippen LogP contribution is 2.14. The maximum atomic E-state index is 9.33. The summed E-state index contributed by atoms with van der Waals surface area (Å²) in [5, 5.41) is 21.5. The lowest BCUT2D eigenvalue weighted by Crippen LogP contribution is -2.53. The van der Waals surface area contributed by atoms with Gasteiger partial charge in [0.1, 0.15) is 5.60 Å². The molecule has 3 N–H and O–H groups in total. The van der Waals surface area contributed by atoms with Gasteiger partial charge in [0.05, 0.1) is 6.10 Å². The van der Waals surface area contributed by atoms with Crippen molar-refractivity contribution < 1.29 is 10.2 Å². The highest BCUT2D eigenvalue weighted by atomic mass is 16.3. The van der Waals surface area contributed by atoms with Gasteiger partial charge in [0.2, 0.25) is 0 Å². The molecule has 0 saturated carbocycles. The molecule has 1 aliphatic heterocycles. The monoisotopic (exact) mass is 131 g/mol. The lowest BCUT2D eigenvalue weighted by atomic mass is 9.93. The quantitative estimate of drug-likeness (QED) is 0.399. The van der Waals surface area contributed by atoms with Gasteiger partial charge in [0.25, 0.3) is 0 Å². The highest BCUT2D eigenvalue weighted by Gasteiger charge is 2.32. The molecule has 54 valence electrons. The van der Waals surface area contributed by atoms with Crippen molar-refractivity contribution in [3.05, 3.63) is 0 Å². The van der Waals surface area contributed by atoms with Gasteiger partial charge in [-0.15, -0.1) is 0 Å². The van der Waals surface area contributed by atoms with Gasteiger partial charge in [0.15, 0.2) is 0 Å². The van der Waals surface area contributed by atoms with Gasteiger partial charge in [0, 0.05) is 6.54 Å². The van der Waals surface area contributed by atoms with E-state index in [0.717, 1.165) is 6.54 Å². The first-order chi connectivity index (χ1) is 4.13. The number of aliphatic hydroxyl groups is 2. The molecule has 0 amide bonds. The van der Waals surface area contributed by atoms with E-state index in [2.05, 4.69) is 5.32 Å². The Labute approximate surface area is 54.7 Å². The van der Waals surface area contributed by atoms with Crippen molar-refractivity contribution >= 4 is 0 Å². The molecule has 1 fully saturated rings. The van der Waals surface area contributed by atoms with Crippen molar-refractivity contribution in [3.8, 4) is 0 Å². The second-order valence-electron chi connectivity index (χ2n) is 2.84. The fourth-order valence-electron chi connectivity index (χ4n) is 1.01. The lowest BCUT2D eigenvalue weighted by Gasteiger charge is -2.33. The van der Waals surface area contributed by atoms with E-state index in [-0.39, 0.29) is 0 Å². The van der Waals surface area contributed by atoms with Crippen LogP contribution in [-0.4, -0.2) is 35.0 Å². The normalized spacial score (nSPS) is 45.0. The molecule has 0 radical (unpaired) electrons. The summed E-state index contributed by atoms with van der Waals surface area (Å²) in [7, 11) is 0. The molecular weight excluding hydrogens is 118 g/mol. The summed E-state index contributed by atoms with van der Waals surface area (Å²) in [5.74, 6) is 0. The molecule has 0 aromatic carbocycles. The first kappa shape index (κ1) is 6.99. The third kappa shape index (κ3) is 1.41. The van der Waals surface area contributed by atoms with Crippen LogP contribution in [0.25, 0.3) is 0 Å². The molecule has 3 nitrogen and oxygen atoms in total. The molecule has 1 aliphatic rings. The molecule has 1 saturated heterocycles. The van der Waals surface area contributed by atoms with Gasteiger partial charge in [-0.25, -0.2) is 0 Å². The summed E-state index contributed by atoms with van der Waals surface area (Å²) in [6.45, 7) is 2.94. The molecule has 0 spiro atoms. The average Bonchev–Trinajstić information content (AvgIpc) is 1.77. The van der Waals surface area contributed by atoms with Crippen LogP contribution in [-0.2, 0) is 0 Å². The SMILES string of the molecule is C[C@]1(O)CNCC[C@@H]1O. The third-order valence-corrected chi connectivity index (χ3v) is 1.80. The number of β-amino-alcohol motifs (C(OH)–C–C–N with tert-alkyl or cyclic N) is 1. The van der Waals surface area contributed by atoms with Crippen molar-refractivity contribution in [2.75, 3.05) is 13.1 Å². The maximum absolute atomic E-state index is 9.33. The Hall–Kier alpha value is -0.120. The fourth-order valence-corrected chi connectivity index (χ4v) is 1.01. The number of aliphatic hydroxyl groups excluding tert-OH is 1. The largest absolute Gasteiger partial charge is 0.390 e. The van der Waals surface area contributed by atoms with E-state index in [9.17, 15) is 5.11 Å². The molecule has 0 unspecified atom stereocenters. The minimum atomic E-state index is -0.918. The van der Waals surface area contributed by atoms with Crippen LogP contribution >= 0.6 is 0 Å². The van der Waals surface area contributed by atoms with Crippen LogP contribution in [0, 0.1) is 0 Å². The van der Waals surface area contributed by atoms with Gasteiger partial charge in [-0.2, -0.15) is 0 Å². The highest BCUT2D eigenvalue weighted by molar-refractivity contribution is 4.88. The Morgan fingerprint density at radius 3 is 2.67 bits per heavy atom. The van der Waals surface area contributed by atoms with Crippen LogP contribution < -0.4 is 5.32 Å². The van der Waals surface area contributed by atoms with Gasteiger partial charge in [-0.3, -0.25) is 0 Å². The Morgan fingerprint density at radius 2 is 2.33 bits per heavy atom. The molecule has 1 rings (SSSR count). The van der Waals surface area contributed by atoms with Crippen LogP contribution in [0.15, 0.2) is 0 Å². The molecule has 0 bridgehead atoms. The third-order valence-electron chi connectivity index (χ3n) is 1.80. The van der Waals surface area contributed by atoms with E-state index < -0.39 is 11.7 Å². The second-order valence-corrected chi connectivity index (χ2v) is 2.84. The number of rotatable bonds is 0. The summed E-state index contributed by atoms with van der Waals surface area (Å²) < 4.78 is 0. The van der Waals surface area contributed by atoms with Gasteiger partial charge in [-0.1, -0.05) is 0 Å². The van der Waals surface area contributed by atoms with Crippen LogP contribution in [0.5, 0.6) is 0 Å². The van der Waals surface area contributed by atoms with E-state index in [1.54, 1.807) is 6.92 Å². The molecular formula is C6H13NO2. The van der Waals surface area contributed by atoms with Crippen molar-refractivity contribution in [1.82, 2.24) is 5.32 Å². The van der Waals surface area contributed by atoms with Crippen molar-refractivity contribution in [2.24, 2.45) is 0 Å². The van der Waals surface area contributed by atoms with Gasteiger partial charge < -0.3 is 15.5 Å². The van der Waals surface area contributed by atoms with Crippen LogP contribution in [0.2, 0.25) is 0 Å². The summed E-state index contributed by atoms with van der Waals surface area (Å²) in [4.78, 5) is 0. The van der Waals surface area contributed by atoms with Crippen LogP contribution in [0.3, 0.4) is 0 Å². The maximum Gasteiger partial charge on any atom is 0.100 e. The van der Waals surface area contributed by atoms with Crippen molar-refractivity contribution in [2.45, 2.75) is 25.0 Å². The smallest absolute Gasteiger partial charge is 0.100 e. The first-order valence-corrected chi connectivity index (χ1v) is 3.24. The fraction of sp³-hybridized carbons (Fsp3) is 1.00. The molecule has 1 heterocycles. The predicted octanol–water partition coefficient (Wildman–Crippen LogP) is -0.908.